The van der Waals surface area contributed by atoms with E-state index >= 15 is 0 Å². The van der Waals surface area contributed by atoms with Crippen molar-refractivity contribution in [3.8, 4) is 0 Å². The molecule has 0 saturated carbocycles. The molecule has 0 aliphatic rings. The Morgan fingerprint density at radius 2 is 2.00 bits per heavy atom. The van der Waals surface area contributed by atoms with E-state index in [2.05, 4.69) is 4.98 Å². The third-order valence-corrected chi connectivity index (χ3v) is 1.01. The van der Waals surface area contributed by atoms with Gasteiger partial charge in [0.05, 0.1) is 5.56 Å². The minimum absolute atomic E-state index is 0.331. The fraction of sp³-hybridized carbons (Fsp3) is 0. The summed E-state index contributed by atoms with van der Waals surface area (Å²) < 4.78 is 0. The van der Waals surface area contributed by atoms with E-state index in [4.69, 9.17) is 11.1 Å². The van der Waals surface area contributed by atoms with Crippen molar-refractivity contribution in [1.29, 1.82) is 0 Å². The van der Waals surface area contributed by atoms with Crippen LogP contribution in [0.4, 0.5) is 0 Å². The maximum atomic E-state index is 5.28. The van der Waals surface area contributed by atoms with Gasteiger partial charge in [0.15, 0.2) is 0 Å². The van der Waals surface area contributed by atoms with E-state index in [0.717, 1.165) is 5.56 Å². The number of hydrogen-bond acceptors (Lipinski definition) is 1. The van der Waals surface area contributed by atoms with Gasteiger partial charge in [0, 0.05) is 12.4 Å². The van der Waals surface area contributed by atoms with Crippen LogP contribution in [0.15, 0.2) is 24.5 Å². The first-order chi connectivity index (χ1) is 4.30. The highest BCUT2D eigenvalue weighted by Crippen LogP contribution is 1.90. The maximum absolute atomic E-state index is 5.28. The van der Waals surface area contributed by atoms with Gasteiger partial charge in [0.2, 0.25) is 0 Å². The lowest BCUT2D eigenvalue weighted by Gasteiger charge is -1.87. The molecule has 0 aliphatic heterocycles. The monoisotopic (exact) mass is 122 g/mol. The summed E-state index contributed by atoms with van der Waals surface area (Å²) in [6.45, 7) is 0. The van der Waals surface area contributed by atoms with Gasteiger partial charge in [-0.1, -0.05) is 0 Å². The fourth-order valence-electron chi connectivity index (χ4n) is 0.544. The van der Waals surface area contributed by atoms with Crippen molar-refractivity contribution < 1.29 is 5.41 Å². The molecule has 0 bridgehead atoms. The standard InChI is InChI=1S/C6H7N3/c7-6(8)5-1-3-9-4-2-5/h1-4H,(H3,7,8)/p+1. The van der Waals surface area contributed by atoms with Crippen LogP contribution in [-0.2, 0) is 0 Å². The van der Waals surface area contributed by atoms with E-state index in [1.165, 1.54) is 0 Å². The molecule has 3 heteroatoms. The molecule has 0 aromatic carbocycles. The SMILES string of the molecule is NC(=[NH2+])c1ccncc1. The fourth-order valence-corrected chi connectivity index (χ4v) is 0.544. The van der Waals surface area contributed by atoms with Gasteiger partial charge in [-0.15, -0.1) is 0 Å². The Bertz CT molecular complexity index is 205. The van der Waals surface area contributed by atoms with E-state index in [-0.39, 0.29) is 0 Å². The van der Waals surface area contributed by atoms with Crippen molar-refractivity contribution in [3.05, 3.63) is 30.1 Å². The Morgan fingerprint density at radius 3 is 2.33 bits per heavy atom. The molecule has 0 radical (unpaired) electrons. The van der Waals surface area contributed by atoms with Crippen molar-refractivity contribution in [3.63, 3.8) is 0 Å². The van der Waals surface area contributed by atoms with E-state index in [1.807, 2.05) is 0 Å². The molecule has 9 heavy (non-hydrogen) atoms. The van der Waals surface area contributed by atoms with Gasteiger partial charge in [0.25, 0.3) is 5.84 Å². The molecule has 0 spiro atoms. The van der Waals surface area contributed by atoms with E-state index in [0.29, 0.717) is 5.84 Å². The minimum atomic E-state index is 0.331. The van der Waals surface area contributed by atoms with Crippen LogP contribution in [0.1, 0.15) is 5.56 Å². The molecule has 0 aliphatic carbocycles. The van der Waals surface area contributed by atoms with E-state index in [1.54, 1.807) is 24.5 Å². The molecule has 0 saturated heterocycles. The molecule has 0 atom stereocenters. The number of hydrogen-bond donors (Lipinski definition) is 2. The molecule has 1 heterocycles. The number of pyridine rings is 1. The number of nitrogens with two attached hydrogens (primary N) is 2. The summed E-state index contributed by atoms with van der Waals surface area (Å²) in [4.78, 5) is 3.80. The van der Waals surface area contributed by atoms with Gasteiger partial charge in [0.1, 0.15) is 0 Å². The first kappa shape index (κ1) is 5.75. The number of aromatic nitrogens is 1. The van der Waals surface area contributed by atoms with Crippen molar-refractivity contribution in [2.24, 2.45) is 5.73 Å². The normalized spacial score (nSPS) is 8.89. The maximum Gasteiger partial charge on any atom is 0.270 e. The average Bonchev–Trinajstić information content (AvgIpc) is 1.90. The molecule has 1 aromatic rings. The zero-order valence-corrected chi connectivity index (χ0v) is 4.91. The second kappa shape index (κ2) is 2.26. The van der Waals surface area contributed by atoms with Crippen LogP contribution in [0, 0.1) is 0 Å². The Balaban J connectivity index is 2.98. The Labute approximate surface area is 53.0 Å². The van der Waals surface area contributed by atoms with Crippen LogP contribution >= 0.6 is 0 Å². The smallest absolute Gasteiger partial charge is 0.270 e. The molecule has 0 unspecified atom stereocenters. The van der Waals surface area contributed by atoms with Crippen molar-refractivity contribution in [1.82, 2.24) is 4.98 Å². The Hall–Kier alpha value is -1.38. The zero-order chi connectivity index (χ0) is 6.69. The van der Waals surface area contributed by atoms with E-state index < -0.39 is 0 Å². The minimum Gasteiger partial charge on any atom is -0.287 e. The second-order valence-electron chi connectivity index (χ2n) is 1.69. The molecule has 4 N–H and O–H groups in total. The van der Waals surface area contributed by atoms with Crippen LogP contribution in [0.5, 0.6) is 0 Å². The third-order valence-electron chi connectivity index (χ3n) is 1.01. The molecule has 1 aromatic heterocycles. The molecular weight excluding hydrogens is 114 g/mol. The Kier molecular flexibility index (Phi) is 1.44. The average molecular weight is 122 g/mol. The van der Waals surface area contributed by atoms with Crippen molar-refractivity contribution >= 4 is 5.84 Å². The molecule has 3 nitrogen and oxygen atoms in total. The van der Waals surface area contributed by atoms with Crippen LogP contribution in [-0.4, -0.2) is 10.8 Å². The molecule has 0 fully saturated rings. The van der Waals surface area contributed by atoms with Crippen LogP contribution in [0.3, 0.4) is 0 Å². The summed E-state index contributed by atoms with van der Waals surface area (Å²) in [5.41, 5.74) is 6.10. The van der Waals surface area contributed by atoms with E-state index in [9.17, 15) is 0 Å². The zero-order valence-electron chi connectivity index (χ0n) is 4.91. The van der Waals surface area contributed by atoms with Gasteiger partial charge in [-0.3, -0.25) is 16.1 Å². The summed E-state index contributed by atoms with van der Waals surface area (Å²) in [6, 6.07) is 3.52. The van der Waals surface area contributed by atoms with Crippen LogP contribution in [0.25, 0.3) is 0 Å². The van der Waals surface area contributed by atoms with Gasteiger partial charge < -0.3 is 0 Å². The predicted molar refractivity (Wildman–Crippen MR) is 34.5 cm³/mol. The number of amidine groups is 1. The van der Waals surface area contributed by atoms with Gasteiger partial charge in [-0.25, -0.2) is 0 Å². The summed E-state index contributed by atoms with van der Waals surface area (Å²) >= 11 is 0. The first-order valence-electron chi connectivity index (χ1n) is 2.59. The third kappa shape index (κ3) is 1.25. The summed E-state index contributed by atoms with van der Waals surface area (Å²) in [5, 5.41) is 5.28. The van der Waals surface area contributed by atoms with Crippen molar-refractivity contribution in [2.45, 2.75) is 0 Å². The van der Waals surface area contributed by atoms with Crippen molar-refractivity contribution in [2.75, 3.05) is 0 Å². The summed E-state index contributed by atoms with van der Waals surface area (Å²) in [6.07, 6.45) is 3.30. The quantitative estimate of drug-likeness (QED) is 0.353. The summed E-state index contributed by atoms with van der Waals surface area (Å²) in [7, 11) is 0. The summed E-state index contributed by atoms with van der Waals surface area (Å²) in [5.74, 6) is 0.331. The lowest BCUT2D eigenvalue weighted by Crippen LogP contribution is -2.46. The molecule has 46 valence electrons. The number of nitrogens with zero attached hydrogens (tertiary/aromatic N) is 1. The lowest BCUT2D eigenvalue weighted by atomic mass is 10.2. The Morgan fingerprint density at radius 1 is 1.44 bits per heavy atom. The van der Waals surface area contributed by atoms with Crippen LogP contribution < -0.4 is 11.1 Å². The highest BCUT2D eigenvalue weighted by Gasteiger charge is 1.96. The second-order valence-corrected chi connectivity index (χ2v) is 1.69. The lowest BCUT2D eigenvalue weighted by molar-refractivity contribution is -0.114. The van der Waals surface area contributed by atoms with Gasteiger partial charge in [-0.2, -0.15) is 0 Å². The molecule has 1 rings (SSSR count). The highest BCUT2D eigenvalue weighted by molar-refractivity contribution is 5.92. The van der Waals surface area contributed by atoms with Gasteiger partial charge >= 0.3 is 0 Å². The highest BCUT2D eigenvalue weighted by atomic mass is 14.7. The number of rotatable bonds is 1. The largest absolute Gasteiger partial charge is 0.287 e. The predicted octanol–water partition coefficient (Wildman–Crippen LogP) is -1.45. The first-order valence-corrected chi connectivity index (χ1v) is 2.59. The molecule has 0 amide bonds. The topological polar surface area (TPSA) is 64.5 Å². The van der Waals surface area contributed by atoms with Gasteiger partial charge in [-0.05, 0) is 12.1 Å². The van der Waals surface area contributed by atoms with Crippen LogP contribution in [0.2, 0.25) is 0 Å². The molecular formula is C6H8N3+.